The van der Waals surface area contributed by atoms with Crippen molar-refractivity contribution in [2.75, 3.05) is 55.4 Å². The first-order chi connectivity index (χ1) is 8.21. The zero-order valence-electron chi connectivity index (χ0n) is 13.3. The predicted octanol–water partition coefficient (Wildman–Crippen LogP) is 1.31. The van der Waals surface area contributed by atoms with Gasteiger partial charge in [-0.2, -0.15) is 8.42 Å². The summed E-state index contributed by atoms with van der Waals surface area (Å²) in [5.74, 6) is 0. The van der Waals surface area contributed by atoms with Gasteiger partial charge < -0.3 is 8.97 Å². The maximum Gasteiger partial charge on any atom is 0.394 e. The molecule has 0 aromatic rings. The molecule has 0 rings (SSSR count). The topological polar surface area (TPSA) is 74.6 Å². The molecule has 0 aromatic heterocycles. The smallest absolute Gasteiger partial charge is 0.331 e. The Morgan fingerprint density at radius 1 is 0.684 bits per heavy atom. The van der Waals surface area contributed by atoms with Crippen molar-refractivity contribution in [1.29, 1.82) is 0 Å². The van der Waals surface area contributed by atoms with Crippen molar-refractivity contribution in [3.8, 4) is 0 Å². The molecule has 0 fully saturated rings. The number of quaternary nitrogens is 2. The fourth-order valence-electron chi connectivity index (χ4n) is 1.53. The Labute approximate surface area is 118 Å². The van der Waals surface area contributed by atoms with Gasteiger partial charge in [-0.25, -0.2) is 0 Å². The summed E-state index contributed by atoms with van der Waals surface area (Å²) < 4.78 is 33.8. The van der Waals surface area contributed by atoms with E-state index >= 15 is 0 Å². The second-order valence-corrected chi connectivity index (χ2v) is 7.79. The maximum absolute atomic E-state index is 8.74. The summed E-state index contributed by atoms with van der Waals surface area (Å²) in [6, 6.07) is 0. The average molecular weight is 300 g/mol. The van der Waals surface area contributed by atoms with Crippen LogP contribution in [0, 0.1) is 0 Å². The first-order valence-corrected chi connectivity index (χ1v) is 7.91. The van der Waals surface area contributed by atoms with E-state index in [1.165, 1.54) is 38.8 Å². The molecule has 0 aliphatic heterocycles. The van der Waals surface area contributed by atoms with E-state index in [0.717, 1.165) is 8.97 Å². The molecule has 0 saturated carbocycles. The lowest BCUT2D eigenvalue weighted by Gasteiger charge is -2.25. The normalized spacial score (nSPS) is 12.8. The van der Waals surface area contributed by atoms with Crippen LogP contribution in [0.4, 0.5) is 0 Å². The quantitative estimate of drug-likeness (QED) is 0.422. The second kappa shape index (κ2) is 8.86. The van der Waals surface area contributed by atoms with Crippen molar-refractivity contribution in [1.82, 2.24) is 0 Å². The molecule has 0 bridgehead atoms. The lowest BCUT2D eigenvalue weighted by molar-refractivity contribution is -0.871. The fraction of sp³-hybridized carbons (Fsp3) is 1.00. The van der Waals surface area contributed by atoms with E-state index in [4.69, 9.17) is 17.5 Å². The van der Waals surface area contributed by atoms with Crippen molar-refractivity contribution in [2.45, 2.75) is 25.7 Å². The monoisotopic (exact) mass is 300 g/mol. The van der Waals surface area contributed by atoms with Crippen LogP contribution in [-0.2, 0) is 10.4 Å². The molecule has 0 radical (unpaired) electrons. The van der Waals surface area contributed by atoms with Gasteiger partial charge in [0.2, 0.25) is 0 Å². The summed E-state index contributed by atoms with van der Waals surface area (Å²) in [5.41, 5.74) is 0. The van der Waals surface area contributed by atoms with E-state index in [0.29, 0.717) is 0 Å². The van der Waals surface area contributed by atoms with E-state index in [2.05, 4.69) is 42.3 Å². The summed E-state index contributed by atoms with van der Waals surface area (Å²) >= 11 is 0. The van der Waals surface area contributed by atoms with E-state index in [1.54, 1.807) is 0 Å². The van der Waals surface area contributed by atoms with E-state index < -0.39 is 10.4 Å². The molecule has 19 heavy (non-hydrogen) atoms. The van der Waals surface area contributed by atoms with Gasteiger partial charge in [-0.05, 0) is 25.7 Å². The van der Waals surface area contributed by atoms with Gasteiger partial charge in [-0.1, -0.05) is 0 Å². The first kappa shape index (κ1) is 21.1. The van der Waals surface area contributed by atoms with Gasteiger partial charge in [-0.3, -0.25) is 9.11 Å². The number of rotatable bonds is 7. The van der Waals surface area contributed by atoms with Crippen molar-refractivity contribution in [2.24, 2.45) is 0 Å². The molecule has 0 aromatic carbocycles. The summed E-state index contributed by atoms with van der Waals surface area (Å²) in [4.78, 5) is 0. The number of hydrogen-bond donors (Lipinski definition) is 2. The zero-order chi connectivity index (χ0) is 15.7. The molecule has 118 valence electrons. The van der Waals surface area contributed by atoms with E-state index in [1.807, 2.05) is 0 Å². The summed E-state index contributed by atoms with van der Waals surface area (Å²) in [6.45, 7) is 2.62. The highest BCUT2D eigenvalue weighted by Crippen LogP contribution is 2.05. The highest BCUT2D eigenvalue weighted by molar-refractivity contribution is 7.79. The first-order valence-electron chi connectivity index (χ1n) is 6.51. The van der Waals surface area contributed by atoms with Gasteiger partial charge in [0.15, 0.2) is 0 Å². The molecule has 0 heterocycles. The Balaban J connectivity index is 0. The van der Waals surface area contributed by atoms with Crippen LogP contribution >= 0.6 is 0 Å². The lowest BCUT2D eigenvalue weighted by Crippen LogP contribution is -2.35. The summed E-state index contributed by atoms with van der Waals surface area (Å²) in [7, 11) is 8.95. The Hall–Kier alpha value is -0.210. The largest absolute Gasteiger partial charge is 0.394 e. The van der Waals surface area contributed by atoms with Crippen LogP contribution in [0.3, 0.4) is 0 Å². The molecule has 2 N–H and O–H groups in total. The van der Waals surface area contributed by atoms with Gasteiger partial charge in [0.25, 0.3) is 0 Å². The van der Waals surface area contributed by atoms with Crippen LogP contribution in [0.15, 0.2) is 0 Å². The van der Waals surface area contributed by atoms with Gasteiger partial charge in [0.1, 0.15) is 0 Å². The Bertz CT molecular complexity index is 290. The molecular formula is C12H32N2O4S+2. The molecular weight excluding hydrogens is 268 g/mol. The average Bonchev–Trinajstić information content (AvgIpc) is 2.04. The summed E-state index contributed by atoms with van der Waals surface area (Å²) in [5, 5.41) is 0. The molecule has 0 saturated heterocycles. The lowest BCUT2D eigenvalue weighted by atomic mass is 10.1. The molecule has 0 aliphatic carbocycles. The SMILES string of the molecule is C[N+](C)(C)CCCCCC[N+](C)(C)C.O=S(=O)(O)O. The standard InChI is InChI=1S/C12H30N2.H2O4S/c1-13(2,3)11-9-7-8-10-12-14(4,5)6;1-5(2,3)4/h7-12H2,1-6H3;(H2,1,2,3,4)/q+2;. The molecule has 6 nitrogen and oxygen atoms in total. The maximum atomic E-state index is 8.74. The minimum Gasteiger partial charge on any atom is -0.331 e. The summed E-state index contributed by atoms with van der Waals surface area (Å²) in [6.07, 6.45) is 5.55. The molecule has 0 atom stereocenters. The van der Waals surface area contributed by atoms with Crippen molar-refractivity contribution in [3.05, 3.63) is 0 Å². The van der Waals surface area contributed by atoms with Gasteiger partial charge in [0.05, 0.1) is 55.4 Å². The minimum atomic E-state index is -4.67. The van der Waals surface area contributed by atoms with Crippen molar-refractivity contribution in [3.63, 3.8) is 0 Å². The molecule has 0 unspecified atom stereocenters. The van der Waals surface area contributed by atoms with Crippen LogP contribution in [0.5, 0.6) is 0 Å². The van der Waals surface area contributed by atoms with E-state index in [-0.39, 0.29) is 0 Å². The Kier molecular flexibility index (Phi) is 9.84. The van der Waals surface area contributed by atoms with Crippen LogP contribution in [0.25, 0.3) is 0 Å². The Morgan fingerprint density at radius 2 is 0.895 bits per heavy atom. The van der Waals surface area contributed by atoms with Crippen LogP contribution in [-0.4, -0.2) is 81.9 Å². The number of hydrogen-bond acceptors (Lipinski definition) is 2. The van der Waals surface area contributed by atoms with Crippen LogP contribution < -0.4 is 0 Å². The third-order valence-corrected chi connectivity index (χ3v) is 2.41. The third-order valence-electron chi connectivity index (χ3n) is 2.41. The van der Waals surface area contributed by atoms with Gasteiger partial charge >= 0.3 is 10.4 Å². The fourth-order valence-corrected chi connectivity index (χ4v) is 1.53. The van der Waals surface area contributed by atoms with Crippen LogP contribution in [0.1, 0.15) is 25.7 Å². The van der Waals surface area contributed by atoms with Crippen molar-refractivity contribution >= 4 is 10.4 Å². The molecule has 7 heteroatoms. The highest BCUT2D eigenvalue weighted by Gasteiger charge is 2.07. The van der Waals surface area contributed by atoms with Crippen LogP contribution in [0.2, 0.25) is 0 Å². The van der Waals surface area contributed by atoms with E-state index in [9.17, 15) is 0 Å². The van der Waals surface area contributed by atoms with Crippen molar-refractivity contribution < 1.29 is 26.5 Å². The third kappa shape index (κ3) is 38.1. The predicted molar refractivity (Wildman–Crippen MR) is 78.4 cm³/mol. The molecule has 0 aliphatic rings. The Morgan fingerprint density at radius 3 is 1.05 bits per heavy atom. The number of nitrogens with zero attached hydrogens (tertiary/aromatic N) is 2. The zero-order valence-corrected chi connectivity index (χ0v) is 14.1. The minimum absolute atomic E-state index is 1.11. The molecule has 0 amide bonds. The number of unbranched alkanes of at least 4 members (excludes halogenated alkanes) is 3. The van der Waals surface area contributed by atoms with Gasteiger partial charge in [-0.15, -0.1) is 0 Å². The highest BCUT2D eigenvalue weighted by atomic mass is 32.3. The van der Waals surface area contributed by atoms with Gasteiger partial charge in [0, 0.05) is 0 Å². The second-order valence-electron chi connectivity index (χ2n) is 6.89. The molecule has 0 spiro atoms.